The quantitative estimate of drug-likeness (QED) is 0.480. The largest absolute Gasteiger partial charge is 0.511 e. The van der Waals surface area contributed by atoms with Gasteiger partial charge >= 0.3 is 0 Å². The van der Waals surface area contributed by atoms with Crippen molar-refractivity contribution in [3.63, 3.8) is 0 Å². The molecule has 2 unspecified atom stereocenters. The van der Waals surface area contributed by atoms with E-state index in [4.69, 9.17) is 4.52 Å². The van der Waals surface area contributed by atoms with Crippen molar-refractivity contribution in [2.45, 2.75) is 70.3 Å². The molecule has 1 aromatic heterocycles. The lowest BCUT2D eigenvalue weighted by Crippen LogP contribution is -2.28. The first kappa shape index (κ1) is 23.1. The molecule has 174 valence electrons. The highest BCUT2D eigenvalue weighted by atomic mass is 16.5. The highest BCUT2D eigenvalue weighted by molar-refractivity contribution is 6.24. The van der Waals surface area contributed by atoms with E-state index >= 15 is 0 Å². The third-order valence-corrected chi connectivity index (χ3v) is 6.54. The molecule has 1 saturated carbocycles. The molecule has 1 aromatic carbocycles. The third kappa shape index (κ3) is 4.98. The maximum atomic E-state index is 13.2. The van der Waals surface area contributed by atoms with Crippen molar-refractivity contribution >= 4 is 17.3 Å². The number of carbonyl (C=O) groups is 2. The molecule has 1 fully saturated rings. The number of hydrogen-bond acceptors (Lipinski definition) is 7. The number of ketones is 2. The summed E-state index contributed by atoms with van der Waals surface area (Å²) in [4.78, 5) is 30.2. The Morgan fingerprint density at radius 1 is 1.18 bits per heavy atom. The predicted molar refractivity (Wildman–Crippen MR) is 124 cm³/mol. The van der Waals surface area contributed by atoms with Gasteiger partial charge in [0.1, 0.15) is 11.5 Å². The number of aliphatic hydroxyl groups is 2. The Hall–Kier alpha value is -3.06. The standard InChI is InChI=1S/C26H30N2O5/c1-2-18(15-29)27-20-13-17(16-7-4-3-5-8-16)14-23(32)25(20)22(31)12-11-19-26-21(30)9-6-10-24(26)33-28-19/h3-5,7-8,17-18,29,31H,2,6,9-15H2,1H3. The average molecular weight is 451 g/mol. The number of benzene rings is 1. The van der Waals surface area contributed by atoms with Crippen LogP contribution in [0.4, 0.5) is 0 Å². The molecule has 0 spiro atoms. The number of aryl methyl sites for hydroxylation is 2. The molecule has 2 atom stereocenters. The smallest absolute Gasteiger partial charge is 0.168 e. The van der Waals surface area contributed by atoms with E-state index in [0.29, 0.717) is 54.8 Å². The van der Waals surface area contributed by atoms with Crippen LogP contribution in [0.3, 0.4) is 0 Å². The molecule has 0 amide bonds. The van der Waals surface area contributed by atoms with Gasteiger partial charge in [-0.2, -0.15) is 0 Å². The molecule has 2 aliphatic carbocycles. The Balaban J connectivity index is 1.61. The Morgan fingerprint density at radius 2 is 1.97 bits per heavy atom. The molecule has 0 bridgehead atoms. The number of allylic oxidation sites excluding steroid dienone is 2. The van der Waals surface area contributed by atoms with Crippen LogP contribution < -0.4 is 0 Å². The van der Waals surface area contributed by atoms with Crippen LogP contribution in [0.15, 0.2) is 51.2 Å². The van der Waals surface area contributed by atoms with Crippen LogP contribution in [0.1, 0.15) is 78.7 Å². The summed E-state index contributed by atoms with van der Waals surface area (Å²) in [5.41, 5.74) is 2.92. The summed E-state index contributed by atoms with van der Waals surface area (Å²) in [6.45, 7) is 1.81. The SMILES string of the molecule is CCC(CO)N=C1CC(c2ccccc2)CC(=O)C1=C(O)CCc1noc2c1C(=O)CCC2. The number of aliphatic hydroxyl groups excluding tert-OH is 2. The zero-order chi connectivity index (χ0) is 23.4. The minimum atomic E-state index is -0.328. The second-order valence-electron chi connectivity index (χ2n) is 8.79. The van der Waals surface area contributed by atoms with Crippen molar-refractivity contribution in [3.8, 4) is 0 Å². The van der Waals surface area contributed by atoms with Gasteiger partial charge in [0.15, 0.2) is 11.6 Å². The van der Waals surface area contributed by atoms with Crippen molar-refractivity contribution in [2.24, 2.45) is 4.99 Å². The van der Waals surface area contributed by atoms with Crippen molar-refractivity contribution in [1.82, 2.24) is 5.16 Å². The predicted octanol–water partition coefficient (Wildman–Crippen LogP) is 4.30. The summed E-state index contributed by atoms with van der Waals surface area (Å²) in [7, 11) is 0. The molecule has 0 radical (unpaired) electrons. The van der Waals surface area contributed by atoms with Crippen molar-refractivity contribution in [1.29, 1.82) is 0 Å². The fourth-order valence-corrected chi connectivity index (χ4v) is 4.70. The number of carbonyl (C=O) groups excluding carboxylic acids is 2. The third-order valence-electron chi connectivity index (χ3n) is 6.54. The van der Waals surface area contributed by atoms with Crippen molar-refractivity contribution in [2.75, 3.05) is 6.61 Å². The highest BCUT2D eigenvalue weighted by Gasteiger charge is 2.33. The molecule has 7 nitrogen and oxygen atoms in total. The summed E-state index contributed by atoms with van der Waals surface area (Å²) >= 11 is 0. The van der Waals surface area contributed by atoms with Crippen LogP contribution in [0.5, 0.6) is 0 Å². The normalized spacial score (nSPS) is 22.4. The highest BCUT2D eigenvalue weighted by Crippen LogP contribution is 2.34. The summed E-state index contributed by atoms with van der Waals surface area (Å²) in [6, 6.07) is 9.50. The molecular formula is C26H30N2O5. The van der Waals surface area contributed by atoms with E-state index in [1.807, 2.05) is 37.3 Å². The van der Waals surface area contributed by atoms with Gasteiger partial charge in [0.05, 0.1) is 35.2 Å². The van der Waals surface area contributed by atoms with Gasteiger partial charge < -0.3 is 14.7 Å². The number of aliphatic imine (C=N–C) groups is 1. The van der Waals surface area contributed by atoms with Crippen LogP contribution in [0, 0.1) is 0 Å². The topological polar surface area (TPSA) is 113 Å². The summed E-state index contributed by atoms with van der Waals surface area (Å²) in [5, 5.41) is 24.7. The van der Waals surface area contributed by atoms with E-state index in [2.05, 4.69) is 10.1 Å². The lowest BCUT2D eigenvalue weighted by molar-refractivity contribution is -0.116. The van der Waals surface area contributed by atoms with Gasteiger partial charge in [0.2, 0.25) is 0 Å². The Labute approximate surface area is 193 Å². The fourth-order valence-electron chi connectivity index (χ4n) is 4.70. The molecule has 33 heavy (non-hydrogen) atoms. The van der Waals surface area contributed by atoms with Gasteiger partial charge in [-0.3, -0.25) is 14.6 Å². The maximum absolute atomic E-state index is 13.2. The Morgan fingerprint density at radius 3 is 2.70 bits per heavy atom. The lowest BCUT2D eigenvalue weighted by Gasteiger charge is -2.27. The zero-order valence-corrected chi connectivity index (χ0v) is 18.9. The second-order valence-corrected chi connectivity index (χ2v) is 8.79. The number of fused-ring (bicyclic) bond motifs is 1. The van der Waals surface area contributed by atoms with E-state index < -0.39 is 0 Å². The van der Waals surface area contributed by atoms with Crippen LogP contribution in [0.25, 0.3) is 0 Å². The molecule has 0 saturated heterocycles. The number of hydrogen-bond donors (Lipinski definition) is 2. The average Bonchev–Trinajstić information content (AvgIpc) is 3.25. The van der Waals surface area contributed by atoms with Gasteiger partial charge in [-0.1, -0.05) is 42.4 Å². The van der Waals surface area contributed by atoms with Crippen LogP contribution in [-0.4, -0.2) is 45.3 Å². The van der Waals surface area contributed by atoms with E-state index in [9.17, 15) is 19.8 Å². The first-order valence-corrected chi connectivity index (χ1v) is 11.7. The van der Waals surface area contributed by atoms with Crippen molar-refractivity contribution < 1.29 is 24.3 Å². The van der Waals surface area contributed by atoms with Crippen molar-refractivity contribution in [3.05, 3.63) is 64.2 Å². The molecule has 7 heteroatoms. The molecule has 2 aromatic rings. The van der Waals surface area contributed by atoms with E-state index in [-0.39, 0.29) is 54.3 Å². The molecule has 0 aliphatic heterocycles. The number of rotatable bonds is 7. The molecule has 2 N–H and O–H groups in total. The monoisotopic (exact) mass is 450 g/mol. The summed E-state index contributed by atoms with van der Waals surface area (Å²) in [6.07, 6.45) is 3.83. The molecular weight excluding hydrogens is 420 g/mol. The first-order valence-electron chi connectivity index (χ1n) is 11.7. The minimum absolute atomic E-state index is 0.0228. The Kier molecular flexibility index (Phi) is 7.18. The van der Waals surface area contributed by atoms with E-state index in [0.717, 1.165) is 12.0 Å². The van der Waals surface area contributed by atoms with Gasteiger partial charge in [-0.25, -0.2) is 0 Å². The van der Waals surface area contributed by atoms with Crippen LogP contribution in [0.2, 0.25) is 0 Å². The molecule has 4 rings (SSSR count). The van der Waals surface area contributed by atoms with Gasteiger partial charge in [-0.15, -0.1) is 0 Å². The van der Waals surface area contributed by atoms with Gasteiger partial charge in [0, 0.05) is 32.1 Å². The zero-order valence-electron chi connectivity index (χ0n) is 18.9. The number of nitrogens with zero attached hydrogens (tertiary/aromatic N) is 2. The van der Waals surface area contributed by atoms with Gasteiger partial charge in [-0.05, 0) is 30.7 Å². The van der Waals surface area contributed by atoms with Crippen LogP contribution >= 0.6 is 0 Å². The summed E-state index contributed by atoms with van der Waals surface area (Å²) in [5.74, 6) is 0.416. The van der Waals surface area contributed by atoms with Crippen LogP contribution in [-0.2, 0) is 17.6 Å². The maximum Gasteiger partial charge on any atom is 0.168 e. The number of Topliss-reactive ketones (excluding diaryl/α,β-unsaturated/α-hetero) is 2. The van der Waals surface area contributed by atoms with E-state index in [1.54, 1.807) is 0 Å². The lowest BCUT2D eigenvalue weighted by atomic mass is 9.78. The Bertz CT molecular complexity index is 1080. The van der Waals surface area contributed by atoms with Gasteiger partial charge in [0.25, 0.3) is 0 Å². The fraction of sp³-hybridized carbons (Fsp3) is 0.462. The summed E-state index contributed by atoms with van der Waals surface area (Å²) < 4.78 is 5.34. The number of aromatic nitrogens is 1. The van der Waals surface area contributed by atoms with E-state index in [1.165, 1.54) is 0 Å². The second kappa shape index (κ2) is 10.3. The first-order chi connectivity index (χ1) is 16.0. The minimum Gasteiger partial charge on any atom is -0.511 e. The molecule has 1 heterocycles. The molecule has 2 aliphatic rings.